The summed E-state index contributed by atoms with van der Waals surface area (Å²) in [6.45, 7) is 0.811. The Labute approximate surface area is 143 Å². The van der Waals surface area contributed by atoms with Gasteiger partial charge in [0, 0.05) is 7.11 Å². The summed E-state index contributed by atoms with van der Waals surface area (Å²) in [5.41, 5.74) is 0.452. The Bertz CT molecular complexity index is 773. The van der Waals surface area contributed by atoms with Gasteiger partial charge >= 0.3 is 5.97 Å². The average Bonchev–Trinajstić information content (AvgIpc) is 3.24. The summed E-state index contributed by atoms with van der Waals surface area (Å²) in [6, 6.07) is 0. The Morgan fingerprint density at radius 3 is 3.12 bits per heavy atom. The Morgan fingerprint density at radius 2 is 2.28 bits per heavy atom. The number of esters is 1. The zero-order valence-electron chi connectivity index (χ0n) is 13.8. The summed E-state index contributed by atoms with van der Waals surface area (Å²) in [5.74, 6) is -0.440. The number of hydrogen-bond donors (Lipinski definition) is 1. The number of carbonyl (C=O) groups excluding carboxylic acids is 1. The second-order valence-electron chi connectivity index (χ2n) is 5.57. The Kier molecular flexibility index (Phi) is 5.74. The largest absolute Gasteiger partial charge is 0.461 e. The van der Waals surface area contributed by atoms with Crippen molar-refractivity contribution in [1.82, 2.24) is 19.5 Å². The van der Waals surface area contributed by atoms with E-state index in [1.54, 1.807) is 11.7 Å². The molecule has 25 heavy (non-hydrogen) atoms. The van der Waals surface area contributed by atoms with Gasteiger partial charge in [-0.1, -0.05) is 0 Å². The van der Waals surface area contributed by atoms with Crippen molar-refractivity contribution in [3.8, 4) is 0 Å². The maximum absolute atomic E-state index is 11.7. The lowest BCUT2D eigenvalue weighted by atomic mass is 10.2. The summed E-state index contributed by atoms with van der Waals surface area (Å²) in [4.78, 5) is 34.0. The summed E-state index contributed by atoms with van der Waals surface area (Å²) in [6.07, 6.45) is 3.81. The number of nitrogens with one attached hydrogen (secondary N) is 1. The summed E-state index contributed by atoms with van der Waals surface area (Å²) >= 11 is 0. The van der Waals surface area contributed by atoms with Crippen LogP contribution in [-0.4, -0.2) is 65.1 Å². The minimum absolute atomic E-state index is 0.113. The Morgan fingerprint density at radius 1 is 1.40 bits per heavy atom. The molecular weight excluding hydrogens is 332 g/mol. The van der Waals surface area contributed by atoms with Crippen molar-refractivity contribution in [1.29, 1.82) is 0 Å². The Hall–Kier alpha value is -2.30. The molecule has 136 valence electrons. The monoisotopic (exact) mass is 352 g/mol. The maximum atomic E-state index is 11.7. The molecule has 1 aliphatic rings. The fourth-order valence-electron chi connectivity index (χ4n) is 2.61. The van der Waals surface area contributed by atoms with Crippen LogP contribution in [0.2, 0.25) is 0 Å². The van der Waals surface area contributed by atoms with E-state index in [1.807, 2.05) is 0 Å². The fraction of sp³-hybridized carbons (Fsp3) is 0.600. The lowest BCUT2D eigenvalue weighted by Crippen LogP contribution is -2.22. The lowest BCUT2D eigenvalue weighted by Gasteiger charge is -2.15. The van der Waals surface area contributed by atoms with E-state index < -0.39 is 5.97 Å². The van der Waals surface area contributed by atoms with Crippen molar-refractivity contribution < 1.29 is 23.7 Å². The number of fused-ring (bicyclic) bond motifs is 1. The number of methoxy groups -OCH3 is 1. The highest BCUT2D eigenvalue weighted by Gasteiger charge is 2.29. The van der Waals surface area contributed by atoms with Crippen LogP contribution >= 0.6 is 0 Å². The molecule has 2 aromatic heterocycles. The van der Waals surface area contributed by atoms with Gasteiger partial charge in [0.05, 0.1) is 32.0 Å². The van der Waals surface area contributed by atoms with Gasteiger partial charge in [-0.3, -0.25) is 9.36 Å². The topological polar surface area (TPSA) is 118 Å². The van der Waals surface area contributed by atoms with Gasteiger partial charge in [-0.2, -0.15) is 0 Å². The van der Waals surface area contributed by atoms with E-state index >= 15 is 0 Å². The number of H-pyrrole nitrogens is 1. The lowest BCUT2D eigenvalue weighted by molar-refractivity contribution is -0.154. The van der Waals surface area contributed by atoms with E-state index in [-0.39, 0.29) is 36.6 Å². The van der Waals surface area contributed by atoms with E-state index in [4.69, 9.17) is 18.9 Å². The first-order chi connectivity index (χ1) is 12.2. The zero-order valence-corrected chi connectivity index (χ0v) is 13.8. The van der Waals surface area contributed by atoms with Gasteiger partial charge in [0.15, 0.2) is 11.2 Å². The number of hydrogen-bond acceptors (Lipinski definition) is 8. The Balaban J connectivity index is 1.49. The fourth-order valence-corrected chi connectivity index (χ4v) is 2.61. The maximum Gasteiger partial charge on any atom is 0.332 e. The van der Waals surface area contributed by atoms with Gasteiger partial charge in [0.1, 0.15) is 19.4 Å². The van der Waals surface area contributed by atoms with Crippen molar-refractivity contribution in [2.24, 2.45) is 0 Å². The van der Waals surface area contributed by atoms with Crippen molar-refractivity contribution in [3.05, 3.63) is 23.0 Å². The molecule has 1 aliphatic heterocycles. The van der Waals surface area contributed by atoms with Crippen LogP contribution in [-0.2, 0) is 23.7 Å². The number of ether oxygens (including phenoxy) is 4. The first-order valence-corrected chi connectivity index (χ1v) is 7.97. The molecule has 1 N–H and O–H groups in total. The van der Waals surface area contributed by atoms with Crippen LogP contribution in [0.25, 0.3) is 11.2 Å². The number of carbonyl (C=O) groups is 1. The first-order valence-electron chi connectivity index (χ1n) is 7.97. The average molecular weight is 352 g/mol. The molecule has 1 saturated heterocycles. The van der Waals surface area contributed by atoms with Crippen molar-refractivity contribution >= 4 is 17.1 Å². The van der Waals surface area contributed by atoms with Crippen LogP contribution in [0.15, 0.2) is 17.4 Å². The third-order valence-corrected chi connectivity index (χ3v) is 3.84. The van der Waals surface area contributed by atoms with Gasteiger partial charge in [-0.25, -0.2) is 14.8 Å². The molecule has 0 saturated carbocycles. The summed E-state index contributed by atoms with van der Waals surface area (Å²) < 4.78 is 22.7. The van der Waals surface area contributed by atoms with Crippen LogP contribution in [0.4, 0.5) is 0 Å². The van der Waals surface area contributed by atoms with Gasteiger partial charge in [0.2, 0.25) is 0 Å². The second-order valence-corrected chi connectivity index (χ2v) is 5.57. The molecule has 2 aromatic rings. The highest BCUT2D eigenvalue weighted by atomic mass is 16.6. The number of rotatable bonds is 8. The predicted octanol–water partition coefficient (Wildman–Crippen LogP) is 0.00340. The molecule has 0 aromatic carbocycles. The van der Waals surface area contributed by atoms with Crippen LogP contribution in [0.3, 0.4) is 0 Å². The molecule has 0 spiro atoms. The minimum atomic E-state index is -0.440. The van der Waals surface area contributed by atoms with Gasteiger partial charge in [0.25, 0.3) is 5.56 Å². The highest BCUT2D eigenvalue weighted by molar-refractivity contribution is 5.70. The van der Waals surface area contributed by atoms with E-state index in [0.29, 0.717) is 25.3 Å². The predicted molar refractivity (Wildman–Crippen MR) is 84.9 cm³/mol. The van der Waals surface area contributed by atoms with Crippen LogP contribution < -0.4 is 5.56 Å². The standard InChI is InChI=1S/C15H20N4O6/c1-22-4-5-23-7-12(20)24-6-10-2-3-11(25-10)19-9-18-13-14(19)16-8-17-15(13)21/h8-11H,2-7H2,1H3,(H,16,17,21). The minimum Gasteiger partial charge on any atom is -0.461 e. The number of nitrogens with zero attached hydrogens (tertiary/aromatic N) is 3. The number of aromatic amines is 1. The number of imidazole rings is 1. The van der Waals surface area contributed by atoms with Crippen molar-refractivity contribution in [2.45, 2.75) is 25.2 Å². The van der Waals surface area contributed by atoms with E-state index in [9.17, 15) is 9.59 Å². The molecule has 0 amide bonds. The van der Waals surface area contributed by atoms with Crippen LogP contribution in [0.5, 0.6) is 0 Å². The third-order valence-electron chi connectivity index (χ3n) is 3.84. The first kappa shape index (κ1) is 17.5. The normalized spacial score (nSPS) is 20.2. The summed E-state index contributed by atoms with van der Waals surface area (Å²) in [7, 11) is 1.56. The third kappa shape index (κ3) is 4.21. The van der Waals surface area contributed by atoms with E-state index in [0.717, 1.165) is 6.42 Å². The molecule has 0 radical (unpaired) electrons. The molecule has 2 atom stereocenters. The molecule has 3 heterocycles. The zero-order chi connectivity index (χ0) is 17.6. The molecule has 1 fully saturated rings. The van der Waals surface area contributed by atoms with Gasteiger partial charge in [-0.05, 0) is 12.8 Å². The molecule has 0 aliphatic carbocycles. The smallest absolute Gasteiger partial charge is 0.332 e. The molecule has 2 unspecified atom stereocenters. The second kappa shape index (κ2) is 8.19. The van der Waals surface area contributed by atoms with Crippen molar-refractivity contribution in [2.75, 3.05) is 33.5 Å². The van der Waals surface area contributed by atoms with Gasteiger partial charge in [-0.15, -0.1) is 0 Å². The molecular formula is C15H20N4O6. The molecule has 3 rings (SSSR count). The molecule has 10 nitrogen and oxygen atoms in total. The van der Waals surface area contributed by atoms with Crippen LogP contribution in [0, 0.1) is 0 Å². The molecule has 0 bridgehead atoms. The quantitative estimate of drug-likeness (QED) is 0.521. The van der Waals surface area contributed by atoms with E-state index in [1.165, 1.54) is 12.7 Å². The SMILES string of the molecule is COCCOCC(=O)OCC1CCC(n2cnc3c(=O)[nH]cnc32)O1. The number of aromatic nitrogens is 4. The van der Waals surface area contributed by atoms with Crippen molar-refractivity contribution in [3.63, 3.8) is 0 Å². The van der Waals surface area contributed by atoms with Crippen LogP contribution in [0.1, 0.15) is 19.1 Å². The highest BCUT2D eigenvalue weighted by Crippen LogP contribution is 2.29. The van der Waals surface area contributed by atoms with Gasteiger partial charge < -0.3 is 23.9 Å². The molecule has 10 heteroatoms. The van der Waals surface area contributed by atoms with E-state index in [2.05, 4.69) is 15.0 Å². The summed E-state index contributed by atoms with van der Waals surface area (Å²) in [5, 5.41) is 0.